The summed E-state index contributed by atoms with van der Waals surface area (Å²) in [5, 5.41) is 2.57. The first-order valence-corrected chi connectivity index (χ1v) is 8.79. The Morgan fingerprint density at radius 2 is 1.90 bits per heavy atom. The van der Waals surface area contributed by atoms with Crippen LogP contribution in [0, 0.1) is 17.6 Å². The molecule has 1 aliphatic heterocycles. The van der Waals surface area contributed by atoms with Crippen LogP contribution in [0.15, 0.2) is 42.5 Å². The summed E-state index contributed by atoms with van der Waals surface area (Å²) >= 11 is 0. The van der Waals surface area contributed by atoms with Crippen molar-refractivity contribution >= 4 is 17.5 Å². The van der Waals surface area contributed by atoms with Crippen LogP contribution >= 0.6 is 0 Å². The van der Waals surface area contributed by atoms with Crippen molar-refractivity contribution in [2.24, 2.45) is 5.92 Å². The van der Waals surface area contributed by atoms with Crippen molar-refractivity contribution in [3.63, 3.8) is 0 Å². The second-order valence-electron chi connectivity index (χ2n) is 6.85. The average molecular weight is 412 g/mol. The highest BCUT2D eigenvalue weighted by Crippen LogP contribution is 2.33. The maximum Gasteiger partial charge on any atom is 0.416 e. The number of carbonyl (C=O) groups excluding carboxylic acids is 2. The number of carbonyl (C=O) groups is 2. The third kappa shape index (κ3) is 4.55. The van der Waals surface area contributed by atoms with E-state index in [-0.39, 0.29) is 24.2 Å². The van der Waals surface area contributed by atoms with Crippen LogP contribution in [0.5, 0.6) is 0 Å². The Bertz CT molecular complexity index is 945. The molecular weight excluding hydrogens is 395 g/mol. The Labute approximate surface area is 163 Å². The second-order valence-corrected chi connectivity index (χ2v) is 6.85. The lowest BCUT2D eigenvalue weighted by atomic mass is 10.0. The van der Waals surface area contributed by atoms with Gasteiger partial charge in [0.25, 0.3) is 0 Å². The van der Waals surface area contributed by atoms with E-state index in [1.807, 2.05) is 0 Å². The van der Waals surface area contributed by atoms with Gasteiger partial charge in [-0.3, -0.25) is 9.59 Å². The molecule has 2 atom stereocenters. The van der Waals surface area contributed by atoms with Crippen LogP contribution in [0.3, 0.4) is 0 Å². The molecule has 1 fully saturated rings. The number of nitrogens with one attached hydrogen (secondary N) is 1. The molecule has 2 unspecified atom stereocenters. The summed E-state index contributed by atoms with van der Waals surface area (Å²) < 4.78 is 65.6. The van der Waals surface area contributed by atoms with Gasteiger partial charge in [0.1, 0.15) is 11.6 Å². The molecule has 0 saturated carbocycles. The Morgan fingerprint density at radius 1 is 1.17 bits per heavy atom. The molecule has 1 heterocycles. The zero-order valence-corrected chi connectivity index (χ0v) is 15.3. The molecule has 1 saturated heterocycles. The third-order valence-corrected chi connectivity index (χ3v) is 4.77. The maximum atomic E-state index is 13.9. The van der Waals surface area contributed by atoms with E-state index in [2.05, 4.69) is 5.32 Å². The van der Waals surface area contributed by atoms with E-state index < -0.39 is 47.1 Å². The highest BCUT2D eigenvalue weighted by molar-refractivity contribution is 6.00. The highest BCUT2D eigenvalue weighted by atomic mass is 19.4. The molecule has 0 spiro atoms. The van der Waals surface area contributed by atoms with Gasteiger partial charge in [-0.15, -0.1) is 0 Å². The number of amides is 2. The first kappa shape index (κ1) is 20.8. The number of anilines is 1. The molecule has 0 radical (unpaired) electrons. The number of benzene rings is 2. The molecule has 0 bridgehead atoms. The molecule has 4 nitrogen and oxygen atoms in total. The van der Waals surface area contributed by atoms with E-state index in [9.17, 15) is 31.5 Å². The van der Waals surface area contributed by atoms with Crippen molar-refractivity contribution in [3.8, 4) is 0 Å². The largest absolute Gasteiger partial charge is 0.416 e. The first-order chi connectivity index (χ1) is 13.6. The van der Waals surface area contributed by atoms with Gasteiger partial charge in [0.05, 0.1) is 17.5 Å². The van der Waals surface area contributed by atoms with Gasteiger partial charge in [-0.05, 0) is 31.2 Å². The summed E-state index contributed by atoms with van der Waals surface area (Å²) in [6.07, 6.45) is -4.73. The van der Waals surface area contributed by atoms with Gasteiger partial charge in [0.15, 0.2) is 0 Å². The molecule has 1 N–H and O–H groups in total. The third-order valence-electron chi connectivity index (χ3n) is 4.77. The highest BCUT2D eigenvalue weighted by Gasteiger charge is 2.37. The van der Waals surface area contributed by atoms with Crippen molar-refractivity contribution in [3.05, 3.63) is 65.2 Å². The number of nitrogens with zero attached hydrogens (tertiary/aromatic N) is 1. The lowest BCUT2D eigenvalue weighted by molar-refractivity contribution is -0.137. The van der Waals surface area contributed by atoms with Crippen LogP contribution in [0.4, 0.5) is 27.6 Å². The fourth-order valence-electron chi connectivity index (χ4n) is 3.24. The average Bonchev–Trinajstić information content (AvgIpc) is 3.03. The maximum absolute atomic E-state index is 13.9. The minimum absolute atomic E-state index is 0.0535. The van der Waals surface area contributed by atoms with Crippen molar-refractivity contribution in [1.29, 1.82) is 0 Å². The molecule has 2 aromatic carbocycles. The number of alkyl halides is 3. The van der Waals surface area contributed by atoms with Crippen molar-refractivity contribution in [2.75, 3.05) is 11.4 Å². The predicted octanol–water partition coefficient (Wildman–Crippen LogP) is 4.21. The topological polar surface area (TPSA) is 49.4 Å². The first-order valence-electron chi connectivity index (χ1n) is 8.79. The summed E-state index contributed by atoms with van der Waals surface area (Å²) in [4.78, 5) is 25.9. The van der Waals surface area contributed by atoms with Gasteiger partial charge in [-0.2, -0.15) is 13.2 Å². The Balaban J connectivity index is 1.70. The van der Waals surface area contributed by atoms with Crippen molar-refractivity contribution in [2.45, 2.75) is 25.6 Å². The van der Waals surface area contributed by atoms with Crippen LogP contribution in [0.2, 0.25) is 0 Å². The number of hydrogen-bond acceptors (Lipinski definition) is 2. The zero-order valence-electron chi connectivity index (χ0n) is 15.3. The van der Waals surface area contributed by atoms with Crippen LogP contribution in [-0.2, 0) is 15.8 Å². The second kappa shape index (κ2) is 7.81. The van der Waals surface area contributed by atoms with Crippen LogP contribution in [0.1, 0.15) is 30.5 Å². The molecule has 0 aliphatic carbocycles. The molecule has 1 aliphatic rings. The molecular formula is C20H17F5N2O2. The van der Waals surface area contributed by atoms with Gasteiger partial charge < -0.3 is 10.2 Å². The predicted molar refractivity (Wildman–Crippen MR) is 94.8 cm³/mol. The lowest BCUT2D eigenvalue weighted by Crippen LogP contribution is -2.35. The molecule has 2 amide bonds. The molecule has 154 valence electrons. The van der Waals surface area contributed by atoms with E-state index in [0.29, 0.717) is 6.07 Å². The molecule has 0 aromatic heterocycles. The van der Waals surface area contributed by atoms with Gasteiger partial charge in [0.2, 0.25) is 11.8 Å². The quantitative estimate of drug-likeness (QED) is 0.765. The number of hydrogen-bond donors (Lipinski definition) is 1. The number of rotatable bonds is 4. The molecule has 2 aromatic rings. The van der Waals surface area contributed by atoms with E-state index in [1.54, 1.807) is 0 Å². The van der Waals surface area contributed by atoms with Crippen LogP contribution in [0.25, 0.3) is 0 Å². The lowest BCUT2D eigenvalue weighted by Gasteiger charge is -2.20. The van der Waals surface area contributed by atoms with Crippen molar-refractivity contribution < 1.29 is 31.5 Å². The normalized spacial score (nSPS) is 18.1. The van der Waals surface area contributed by atoms with Crippen molar-refractivity contribution in [1.82, 2.24) is 5.32 Å². The van der Waals surface area contributed by atoms with E-state index in [0.717, 1.165) is 23.1 Å². The summed E-state index contributed by atoms with van der Waals surface area (Å²) in [6, 6.07) is 6.51. The molecule has 9 heteroatoms. The monoisotopic (exact) mass is 412 g/mol. The fraction of sp³-hybridized carbons (Fsp3) is 0.300. The SMILES string of the molecule is CC(NC(=O)C1CC(=O)N(c2cccc(C(F)(F)F)c2)C1)c1ccc(F)cc1F. The summed E-state index contributed by atoms with van der Waals surface area (Å²) in [5.74, 6) is -3.38. The van der Waals surface area contributed by atoms with Gasteiger partial charge in [-0.25, -0.2) is 8.78 Å². The van der Waals surface area contributed by atoms with Gasteiger partial charge >= 0.3 is 6.18 Å². The summed E-state index contributed by atoms with van der Waals surface area (Å²) in [7, 11) is 0. The van der Waals surface area contributed by atoms with E-state index in [4.69, 9.17) is 0 Å². The smallest absolute Gasteiger partial charge is 0.349 e. The zero-order chi connectivity index (χ0) is 21.3. The summed E-state index contributed by atoms with van der Waals surface area (Å²) in [5.41, 5.74) is -0.757. The van der Waals surface area contributed by atoms with E-state index >= 15 is 0 Å². The molecule has 3 rings (SSSR count). The molecule has 29 heavy (non-hydrogen) atoms. The van der Waals surface area contributed by atoms with Crippen LogP contribution < -0.4 is 10.2 Å². The number of halogens is 5. The van der Waals surface area contributed by atoms with Crippen LogP contribution in [-0.4, -0.2) is 18.4 Å². The summed E-state index contributed by atoms with van der Waals surface area (Å²) in [6.45, 7) is 1.42. The van der Waals surface area contributed by atoms with E-state index in [1.165, 1.54) is 25.1 Å². The Hall–Kier alpha value is -2.97. The Kier molecular flexibility index (Phi) is 5.59. The Morgan fingerprint density at radius 3 is 2.55 bits per heavy atom. The van der Waals surface area contributed by atoms with Gasteiger partial charge in [-0.1, -0.05) is 12.1 Å². The minimum Gasteiger partial charge on any atom is -0.349 e. The standard InChI is InChI=1S/C20H17F5N2O2/c1-11(16-6-5-14(21)9-17(16)22)26-19(29)12-7-18(28)27(10-12)15-4-2-3-13(8-15)20(23,24)25/h2-6,8-9,11-12H,7,10H2,1H3,(H,26,29). The fourth-order valence-corrected chi connectivity index (χ4v) is 3.24. The minimum atomic E-state index is -4.55. The van der Waals surface area contributed by atoms with Gasteiger partial charge in [0, 0.05) is 30.3 Å².